The maximum absolute atomic E-state index is 5.27. The molecule has 2 rings (SSSR count). The third-order valence-electron chi connectivity index (χ3n) is 3.43. The lowest BCUT2D eigenvalue weighted by atomic mass is 9.98. The molecule has 0 saturated carbocycles. The van der Waals surface area contributed by atoms with Crippen LogP contribution >= 0.6 is 0 Å². The summed E-state index contributed by atoms with van der Waals surface area (Å²) in [6, 6.07) is 0. The van der Waals surface area contributed by atoms with E-state index < -0.39 is 0 Å². The Morgan fingerprint density at radius 2 is 2.11 bits per heavy atom. The Kier molecular flexibility index (Phi) is 4.72. The second-order valence-electron chi connectivity index (χ2n) is 5.59. The van der Waals surface area contributed by atoms with Crippen LogP contribution in [0.25, 0.3) is 0 Å². The van der Waals surface area contributed by atoms with E-state index in [4.69, 9.17) is 4.52 Å². The van der Waals surface area contributed by atoms with Crippen LogP contribution < -0.4 is 5.32 Å². The van der Waals surface area contributed by atoms with E-state index in [0.29, 0.717) is 5.92 Å². The van der Waals surface area contributed by atoms with Gasteiger partial charge in [-0.2, -0.15) is 4.98 Å². The van der Waals surface area contributed by atoms with Crippen LogP contribution in [0.2, 0.25) is 0 Å². The molecule has 1 aliphatic rings. The van der Waals surface area contributed by atoms with E-state index in [1.807, 2.05) is 0 Å². The molecule has 1 N–H and O–H groups in total. The normalized spacial score (nSPS) is 17.8. The second kappa shape index (κ2) is 6.29. The quantitative estimate of drug-likeness (QED) is 0.863. The fraction of sp³-hybridized carbons (Fsp3) is 0.846. The lowest BCUT2D eigenvalue weighted by Crippen LogP contribution is -2.34. The summed E-state index contributed by atoms with van der Waals surface area (Å²) in [4.78, 5) is 6.70. The molecule has 0 unspecified atom stereocenters. The summed E-state index contributed by atoms with van der Waals surface area (Å²) in [5, 5.41) is 7.39. The SMILES string of the molecule is CC(C)c1noc(CN(C)CC2CCNCC2)n1. The summed E-state index contributed by atoms with van der Waals surface area (Å²) in [5.74, 6) is 2.66. The smallest absolute Gasteiger partial charge is 0.240 e. The van der Waals surface area contributed by atoms with Crippen LogP contribution in [0, 0.1) is 5.92 Å². The standard InChI is InChI=1S/C13H24N4O/c1-10(2)13-15-12(18-16-13)9-17(3)8-11-4-6-14-7-5-11/h10-11,14H,4-9H2,1-3H3. The number of rotatable bonds is 5. The van der Waals surface area contributed by atoms with Crippen molar-refractivity contribution in [2.24, 2.45) is 5.92 Å². The Bertz CT molecular complexity index is 358. The molecular weight excluding hydrogens is 228 g/mol. The molecule has 0 atom stereocenters. The Labute approximate surface area is 109 Å². The molecule has 2 heterocycles. The molecule has 0 bridgehead atoms. The van der Waals surface area contributed by atoms with Gasteiger partial charge in [-0.25, -0.2) is 0 Å². The van der Waals surface area contributed by atoms with Gasteiger partial charge >= 0.3 is 0 Å². The van der Waals surface area contributed by atoms with E-state index in [9.17, 15) is 0 Å². The Morgan fingerprint density at radius 3 is 2.72 bits per heavy atom. The molecule has 0 radical (unpaired) electrons. The lowest BCUT2D eigenvalue weighted by molar-refractivity contribution is 0.210. The van der Waals surface area contributed by atoms with Gasteiger partial charge in [0, 0.05) is 12.5 Å². The van der Waals surface area contributed by atoms with Gasteiger partial charge in [-0.3, -0.25) is 4.90 Å². The summed E-state index contributed by atoms with van der Waals surface area (Å²) in [7, 11) is 2.13. The van der Waals surface area contributed by atoms with E-state index in [1.165, 1.54) is 12.8 Å². The maximum Gasteiger partial charge on any atom is 0.240 e. The minimum atomic E-state index is 0.331. The van der Waals surface area contributed by atoms with Crippen molar-refractivity contribution >= 4 is 0 Å². The molecule has 1 saturated heterocycles. The molecule has 18 heavy (non-hydrogen) atoms. The molecule has 0 amide bonds. The number of aromatic nitrogens is 2. The summed E-state index contributed by atoms with van der Waals surface area (Å²) in [6.45, 7) is 8.32. The number of nitrogens with one attached hydrogen (secondary N) is 1. The predicted molar refractivity (Wildman–Crippen MR) is 70.3 cm³/mol. The van der Waals surface area contributed by atoms with Gasteiger partial charge in [-0.05, 0) is 38.9 Å². The molecule has 102 valence electrons. The van der Waals surface area contributed by atoms with Crippen molar-refractivity contribution in [2.75, 3.05) is 26.7 Å². The third-order valence-corrected chi connectivity index (χ3v) is 3.43. The van der Waals surface area contributed by atoms with Gasteiger partial charge in [0.25, 0.3) is 0 Å². The molecule has 1 fully saturated rings. The molecule has 0 aromatic carbocycles. The topological polar surface area (TPSA) is 54.2 Å². The van der Waals surface area contributed by atoms with Crippen LogP contribution in [0.15, 0.2) is 4.52 Å². The largest absolute Gasteiger partial charge is 0.338 e. The van der Waals surface area contributed by atoms with Crippen LogP contribution in [0.4, 0.5) is 0 Å². The highest BCUT2D eigenvalue weighted by atomic mass is 16.5. The van der Waals surface area contributed by atoms with Gasteiger partial charge in [-0.15, -0.1) is 0 Å². The van der Waals surface area contributed by atoms with Gasteiger partial charge in [0.1, 0.15) is 0 Å². The van der Waals surface area contributed by atoms with Gasteiger partial charge in [0.2, 0.25) is 5.89 Å². The van der Waals surface area contributed by atoms with E-state index in [0.717, 1.165) is 43.8 Å². The first kappa shape index (κ1) is 13.5. The van der Waals surface area contributed by atoms with Gasteiger partial charge in [0.05, 0.1) is 6.54 Å². The van der Waals surface area contributed by atoms with Crippen molar-refractivity contribution in [1.82, 2.24) is 20.4 Å². The van der Waals surface area contributed by atoms with Crippen LogP contribution in [0.5, 0.6) is 0 Å². The molecule has 0 spiro atoms. The molecule has 1 aromatic rings. The van der Waals surface area contributed by atoms with Gasteiger partial charge in [-0.1, -0.05) is 19.0 Å². The first-order valence-corrected chi connectivity index (χ1v) is 6.87. The number of nitrogens with zero attached hydrogens (tertiary/aromatic N) is 3. The molecular formula is C13H24N4O. The molecule has 1 aliphatic heterocycles. The second-order valence-corrected chi connectivity index (χ2v) is 5.59. The molecule has 5 heteroatoms. The van der Waals surface area contributed by atoms with E-state index in [1.54, 1.807) is 0 Å². The summed E-state index contributed by atoms with van der Waals surface area (Å²) >= 11 is 0. The monoisotopic (exact) mass is 252 g/mol. The van der Waals surface area contributed by atoms with Gasteiger partial charge in [0.15, 0.2) is 5.82 Å². The lowest BCUT2D eigenvalue weighted by Gasteiger charge is -2.26. The van der Waals surface area contributed by atoms with E-state index >= 15 is 0 Å². The van der Waals surface area contributed by atoms with Crippen molar-refractivity contribution in [3.8, 4) is 0 Å². The van der Waals surface area contributed by atoms with E-state index in [2.05, 4.69) is 41.3 Å². The highest BCUT2D eigenvalue weighted by Gasteiger charge is 2.17. The van der Waals surface area contributed by atoms with Crippen LogP contribution in [-0.2, 0) is 6.54 Å². The van der Waals surface area contributed by atoms with Crippen LogP contribution in [0.1, 0.15) is 44.3 Å². The predicted octanol–water partition coefficient (Wildman–Crippen LogP) is 1.62. The molecule has 1 aromatic heterocycles. The Balaban J connectivity index is 1.80. The Morgan fingerprint density at radius 1 is 1.39 bits per heavy atom. The van der Waals surface area contributed by atoms with Crippen LogP contribution in [-0.4, -0.2) is 41.7 Å². The van der Waals surface area contributed by atoms with Crippen molar-refractivity contribution in [2.45, 2.75) is 39.2 Å². The first-order valence-electron chi connectivity index (χ1n) is 6.87. The average molecular weight is 252 g/mol. The third kappa shape index (κ3) is 3.78. The van der Waals surface area contributed by atoms with Crippen molar-refractivity contribution in [1.29, 1.82) is 0 Å². The summed E-state index contributed by atoms with van der Waals surface area (Å²) < 4.78 is 5.27. The highest BCUT2D eigenvalue weighted by molar-refractivity contribution is 4.91. The highest BCUT2D eigenvalue weighted by Crippen LogP contribution is 2.15. The van der Waals surface area contributed by atoms with Crippen molar-refractivity contribution in [3.63, 3.8) is 0 Å². The Hall–Kier alpha value is -0.940. The van der Waals surface area contributed by atoms with Crippen molar-refractivity contribution in [3.05, 3.63) is 11.7 Å². The zero-order valence-corrected chi connectivity index (χ0v) is 11.6. The summed E-state index contributed by atoms with van der Waals surface area (Å²) in [6.07, 6.45) is 2.54. The zero-order chi connectivity index (χ0) is 13.0. The fourth-order valence-corrected chi connectivity index (χ4v) is 2.37. The average Bonchev–Trinajstić information content (AvgIpc) is 2.78. The molecule has 5 nitrogen and oxygen atoms in total. The van der Waals surface area contributed by atoms with Crippen molar-refractivity contribution < 1.29 is 4.52 Å². The number of hydrogen-bond donors (Lipinski definition) is 1. The zero-order valence-electron chi connectivity index (χ0n) is 11.6. The first-order chi connectivity index (χ1) is 8.65. The maximum atomic E-state index is 5.27. The molecule has 0 aliphatic carbocycles. The minimum Gasteiger partial charge on any atom is -0.338 e. The summed E-state index contributed by atoms with van der Waals surface area (Å²) in [5.41, 5.74) is 0. The minimum absolute atomic E-state index is 0.331. The van der Waals surface area contributed by atoms with Crippen LogP contribution in [0.3, 0.4) is 0 Å². The number of piperidine rings is 1. The fourth-order valence-electron chi connectivity index (χ4n) is 2.37. The van der Waals surface area contributed by atoms with Gasteiger partial charge < -0.3 is 9.84 Å². The van der Waals surface area contributed by atoms with E-state index in [-0.39, 0.29) is 0 Å². The number of hydrogen-bond acceptors (Lipinski definition) is 5.